The Balaban J connectivity index is 3.30. The smallest absolute Gasteiger partial charge is 0.0418 e. The molecule has 0 aliphatic heterocycles. The van der Waals surface area contributed by atoms with Crippen LogP contribution in [0.3, 0.4) is 0 Å². The normalized spacial score (nSPS) is 15.6. The second-order valence-corrected chi connectivity index (χ2v) is 6.42. The summed E-state index contributed by atoms with van der Waals surface area (Å²) in [6.45, 7) is 9.00. The molecule has 0 saturated carbocycles. The van der Waals surface area contributed by atoms with Crippen molar-refractivity contribution in [1.29, 1.82) is 0 Å². The second kappa shape index (κ2) is 8.44. The van der Waals surface area contributed by atoms with Crippen molar-refractivity contribution >= 4 is 11.6 Å². The summed E-state index contributed by atoms with van der Waals surface area (Å²) in [5, 5.41) is 0. The molecular formula is C14H29Cl. The number of rotatable bonds is 9. The summed E-state index contributed by atoms with van der Waals surface area (Å²) in [4.78, 5) is 0.0623. The first kappa shape index (κ1) is 15.3. The van der Waals surface area contributed by atoms with Crippen molar-refractivity contribution in [2.45, 2.75) is 83.9 Å². The van der Waals surface area contributed by atoms with Gasteiger partial charge in [-0.25, -0.2) is 0 Å². The molecule has 0 aromatic rings. The average molecular weight is 233 g/mol. The highest BCUT2D eigenvalue weighted by Gasteiger charge is 2.18. The van der Waals surface area contributed by atoms with Crippen LogP contribution in [0.25, 0.3) is 0 Å². The minimum absolute atomic E-state index is 0.0623. The van der Waals surface area contributed by atoms with E-state index in [9.17, 15) is 0 Å². The topological polar surface area (TPSA) is 0 Å². The van der Waals surface area contributed by atoms with E-state index in [0.29, 0.717) is 0 Å². The minimum Gasteiger partial charge on any atom is -0.120 e. The molecule has 0 bridgehead atoms. The van der Waals surface area contributed by atoms with Crippen molar-refractivity contribution < 1.29 is 0 Å². The summed E-state index contributed by atoms with van der Waals surface area (Å²) in [5.74, 6) is 0.864. The van der Waals surface area contributed by atoms with Gasteiger partial charge in [-0.3, -0.25) is 0 Å². The van der Waals surface area contributed by atoms with Crippen LogP contribution in [0.2, 0.25) is 0 Å². The van der Waals surface area contributed by atoms with E-state index in [1.54, 1.807) is 0 Å². The summed E-state index contributed by atoms with van der Waals surface area (Å²) in [6.07, 6.45) is 10.4. The van der Waals surface area contributed by atoms with E-state index in [4.69, 9.17) is 11.6 Å². The first-order chi connectivity index (χ1) is 6.98. The highest BCUT2D eigenvalue weighted by atomic mass is 35.5. The predicted molar refractivity (Wildman–Crippen MR) is 71.7 cm³/mol. The zero-order valence-electron chi connectivity index (χ0n) is 11.1. The summed E-state index contributed by atoms with van der Waals surface area (Å²) >= 11 is 6.40. The lowest BCUT2D eigenvalue weighted by molar-refractivity contribution is 0.469. The highest BCUT2D eigenvalue weighted by molar-refractivity contribution is 6.23. The lowest BCUT2D eigenvalue weighted by Gasteiger charge is -2.20. The van der Waals surface area contributed by atoms with E-state index in [1.807, 2.05) is 0 Å². The molecular weight excluding hydrogens is 204 g/mol. The third-order valence-electron chi connectivity index (χ3n) is 3.00. The molecule has 0 aliphatic rings. The largest absolute Gasteiger partial charge is 0.120 e. The van der Waals surface area contributed by atoms with Crippen molar-refractivity contribution in [2.75, 3.05) is 0 Å². The van der Waals surface area contributed by atoms with Crippen LogP contribution < -0.4 is 0 Å². The van der Waals surface area contributed by atoms with Crippen LogP contribution in [-0.2, 0) is 0 Å². The highest BCUT2D eigenvalue weighted by Crippen LogP contribution is 2.27. The van der Waals surface area contributed by atoms with Crippen LogP contribution in [0.5, 0.6) is 0 Å². The zero-order valence-corrected chi connectivity index (χ0v) is 11.9. The molecule has 0 aliphatic carbocycles. The third kappa shape index (κ3) is 10.6. The second-order valence-electron chi connectivity index (χ2n) is 5.51. The van der Waals surface area contributed by atoms with Gasteiger partial charge in [-0.2, -0.15) is 0 Å². The van der Waals surface area contributed by atoms with Crippen LogP contribution in [0, 0.1) is 5.92 Å². The van der Waals surface area contributed by atoms with Gasteiger partial charge in [0.05, 0.1) is 0 Å². The Bertz CT molecular complexity index is 138. The molecule has 0 nitrogen and oxygen atoms in total. The molecule has 0 aromatic heterocycles. The Hall–Kier alpha value is 0.290. The summed E-state index contributed by atoms with van der Waals surface area (Å²) < 4.78 is 0. The van der Waals surface area contributed by atoms with E-state index in [0.717, 1.165) is 12.3 Å². The van der Waals surface area contributed by atoms with Gasteiger partial charge in [-0.1, -0.05) is 59.3 Å². The van der Waals surface area contributed by atoms with Gasteiger partial charge >= 0.3 is 0 Å². The number of unbranched alkanes of at least 4 members (excludes halogenated alkanes) is 3. The van der Waals surface area contributed by atoms with Crippen molar-refractivity contribution in [3.05, 3.63) is 0 Å². The molecule has 0 spiro atoms. The van der Waals surface area contributed by atoms with Gasteiger partial charge < -0.3 is 0 Å². The fourth-order valence-corrected chi connectivity index (χ4v) is 2.37. The maximum atomic E-state index is 6.40. The maximum Gasteiger partial charge on any atom is 0.0418 e. The average Bonchev–Trinajstić information content (AvgIpc) is 2.10. The molecule has 0 rings (SSSR count). The lowest BCUT2D eigenvalue weighted by Crippen LogP contribution is -2.15. The molecule has 1 unspecified atom stereocenters. The summed E-state index contributed by atoms with van der Waals surface area (Å²) in [7, 11) is 0. The first-order valence-electron chi connectivity index (χ1n) is 6.67. The standard InChI is InChI=1S/C14H29Cl/c1-5-11-14(4,15)12-9-7-6-8-10-13(2)3/h13H,5-12H2,1-4H3. The van der Waals surface area contributed by atoms with E-state index in [-0.39, 0.29) is 4.87 Å². The molecule has 1 atom stereocenters. The zero-order chi connectivity index (χ0) is 11.7. The fourth-order valence-electron chi connectivity index (χ4n) is 2.05. The van der Waals surface area contributed by atoms with Gasteiger partial charge in [0.2, 0.25) is 0 Å². The van der Waals surface area contributed by atoms with E-state index in [2.05, 4.69) is 27.7 Å². The summed E-state index contributed by atoms with van der Waals surface area (Å²) in [6, 6.07) is 0. The van der Waals surface area contributed by atoms with E-state index >= 15 is 0 Å². The van der Waals surface area contributed by atoms with Gasteiger partial charge in [0, 0.05) is 4.87 Å². The number of hydrogen-bond donors (Lipinski definition) is 0. The van der Waals surface area contributed by atoms with Crippen molar-refractivity contribution in [2.24, 2.45) is 5.92 Å². The maximum absolute atomic E-state index is 6.40. The molecule has 0 amide bonds. The van der Waals surface area contributed by atoms with Crippen LogP contribution in [0.4, 0.5) is 0 Å². The molecule has 1 heteroatoms. The number of halogens is 1. The van der Waals surface area contributed by atoms with Crippen molar-refractivity contribution in [3.8, 4) is 0 Å². The van der Waals surface area contributed by atoms with Gasteiger partial charge in [-0.05, 0) is 25.7 Å². The lowest BCUT2D eigenvalue weighted by atomic mass is 9.96. The Morgan fingerprint density at radius 1 is 1.00 bits per heavy atom. The number of hydrogen-bond acceptors (Lipinski definition) is 0. The molecule has 0 saturated heterocycles. The Morgan fingerprint density at radius 3 is 2.13 bits per heavy atom. The van der Waals surface area contributed by atoms with E-state index < -0.39 is 0 Å². The van der Waals surface area contributed by atoms with Gasteiger partial charge in [0.1, 0.15) is 0 Å². The summed E-state index contributed by atoms with van der Waals surface area (Å²) in [5.41, 5.74) is 0. The molecule has 15 heavy (non-hydrogen) atoms. The van der Waals surface area contributed by atoms with Gasteiger partial charge in [0.25, 0.3) is 0 Å². The van der Waals surface area contributed by atoms with Crippen LogP contribution in [-0.4, -0.2) is 4.87 Å². The van der Waals surface area contributed by atoms with Crippen LogP contribution in [0.1, 0.15) is 79.1 Å². The predicted octanol–water partition coefficient (Wildman–Crippen LogP) is 5.78. The van der Waals surface area contributed by atoms with Crippen LogP contribution in [0.15, 0.2) is 0 Å². The van der Waals surface area contributed by atoms with E-state index in [1.165, 1.54) is 44.9 Å². The quantitative estimate of drug-likeness (QED) is 0.349. The van der Waals surface area contributed by atoms with Gasteiger partial charge in [-0.15, -0.1) is 11.6 Å². The monoisotopic (exact) mass is 232 g/mol. The minimum atomic E-state index is 0.0623. The molecule has 0 fully saturated rings. The Kier molecular flexibility index (Phi) is 8.61. The Morgan fingerprint density at radius 2 is 1.60 bits per heavy atom. The van der Waals surface area contributed by atoms with Gasteiger partial charge in [0.15, 0.2) is 0 Å². The fraction of sp³-hybridized carbons (Fsp3) is 1.00. The third-order valence-corrected chi connectivity index (χ3v) is 3.38. The first-order valence-corrected chi connectivity index (χ1v) is 7.04. The number of alkyl halides is 1. The van der Waals surface area contributed by atoms with Crippen molar-refractivity contribution in [3.63, 3.8) is 0 Å². The molecule has 92 valence electrons. The molecule has 0 heterocycles. The van der Waals surface area contributed by atoms with Crippen LogP contribution >= 0.6 is 11.6 Å². The molecule has 0 aromatic carbocycles. The Labute approximate surface area is 102 Å². The SMILES string of the molecule is CCCC(C)(Cl)CCCCCCC(C)C. The van der Waals surface area contributed by atoms with Crippen molar-refractivity contribution in [1.82, 2.24) is 0 Å². The molecule has 0 N–H and O–H groups in total. The molecule has 0 radical (unpaired) electrons.